The highest BCUT2D eigenvalue weighted by Crippen LogP contribution is 2.37. The maximum atomic E-state index is 12.3. The summed E-state index contributed by atoms with van der Waals surface area (Å²) < 4.78 is 41.3. The minimum absolute atomic E-state index is 0.0191. The van der Waals surface area contributed by atoms with Crippen LogP contribution in [0.3, 0.4) is 0 Å². The minimum Gasteiger partial charge on any atom is -0.419 e. The van der Waals surface area contributed by atoms with Crippen molar-refractivity contribution >= 4 is 29.2 Å². The van der Waals surface area contributed by atoms with Crippen molar-refractivity contribution in [2.75, 3.05) is 13.1 Å². The fourth-order valence-electron chi connectivity index (χ4n) is 1.87. The lowest BCUT2D eigenvalue weighted by Crippen LogP contribution is -2.47. The quantitative estimate of drug-likeness (QED) is 0.654. The number of nitrogens with one attached hydrogen (secondary N) is 1. The van der Waals surface area contributed by atoms with Gasteiger partial charge in [-0.05, 0) is 6.07 Å². The second kappa shape index (κ2) is 6.00. The fourth-order valence-corrected chi connectivity index (χ4v) is 2.20. The Kier molecular flexibility index (Phi) is 4.67. The monoisotopic (exact) mass is 342 g/mol. The molecule has 1 saturated heterocycles. The van der Waals surface area contributed by atoms with Gasteiger partial charge in [0.05, 0.1) is 10.0 Å². The van der Waals surface area contributed by atoms with E-state index in [1.807, 2.05) is 0 Å². The lowest BCUT2D eigenvalue weighted by molar-refractivity contribution is -0.189. The van der Waals surface area contributed by atoms with E-state index >= 15 is 0 Å². The van der Waals surface area contributed by atoms with Gasteiger partial charge in [0, 0.05) is 36.7 Å². The predicted octanol–water partition coefficient (Wildman–Crippen LogP) is 2.68. The molecule has 1 aliphatic heterocycles. The maximum absolute atomic E-state index is 12.3. The highest BCUT2D eigenvalue weighted by Gasteiger charge is 2.42. The Morgan fingerprint density at radius 1 is 1.33 bits per heavy atom. The van der Waals surface area contributed by atoms with Crippen molar-refractivity contribution in [3.05, 3.63) is 27.7 Å². The highest BCUT2D eigenvalue weighted by molar-refractivity contribution is 6.42. The van der Waals surface area contributed by atoms with Gasteiger partial charge in [-0.1, -0.05) is 23.2 Å². The van der Waals surface area contributed by atoms with E-state index in [1.54, 1.807) is 0 Å². The molecule has 1 heterocycles. The van der Waals surface area contributed by atoms with Crippen molar-refractivity contribution < 1.29 is 22.7 Å². The van der Waals surface area contributed by atoms with Crippen LogP contribution < -0.4 is 15.8 Å². The number of carbonyl (C=O) groups excluding carboxylic acids is 1. The zero-order chi connectivity index (χ0) is 15.8. The van der Waals surface area contributed by atoms with E-state index in [-0.39, 0.29) is 27.3 Å². The van der Waals surface area contributed by atoms with Crippen LogP contribution in [0.15, 0.2) is 12.1 Å². The first-order valence-corrected chi connectivity index (χ1v) is 6.70. The van der Waals surface area contributed by atoms with Gasteiger partial charge in [-0.15, -0.1) is 0 Å². The van der Waals surface area contributed by atoms with E-state index in [0.29, 0.717) is 13.1 Å². The summed E-state index contributed by atoms with van der Waals surface area (Å²) in [5, 5.41) is 3.10. The van der Waals surface area contributed by atoms with Crippen LogP contribution in [0, 0.1) is 5.92 Å². The van der Waals surface area contributed by atoms with Gasteiger partial charge < -0.3 is 15.8 Å². The molecule has 0 aliphatic carbocycles. The van der Waals surface area contributed by atoms with Crippen molar-refractivity contribution in [2.45, 2.75) is 12.2 Å². The zero-order valence-corrected chi connectivity index (χ0v) is 12.0. The molecule has 1 atom stereocenters. The molecule has 1 fully saturated rings. The Morgan fingerprint density at radius 2 is 1.90 bits per heavy atom. The standard InChI is InChI=1S/C12H11Cl2F3N2O2/c13-7-1-6(10(18)5-3-19-4-5)9(2-8(7)14)21-11(20)12(15,16)17/h1-2,5,10,19H,3-4,18H2. The summed E-state index contributed by atoms with van der Waals surface area (Å²) in [6, 6.07) is 1.78. The van der Waals surface area contributed by atoms with Crippen LogP contribution >= 0.6 is 23.2 Å². The number of benzene rings is 1. The van der Waals surface area contributed by atoms with Crippen LogP contribution in [0.4, 0.5) is 13.2 Å². The van der Waals surface area contributed by atoms with Gasteiger partial charge in [0.15, 0.2) is 0 Å². The number of hydrogen-bond acceptors (Lipinski definition) is 4. The van der Waals surface area contributed by atoms with Gasteiger partial charge in [0.1, 0.15) is 5.75 Å². The van der Waals surface area contributed by atoms with Crippen molar-refractivity contribution in [3.8, 4) is 5.75 Å². The summed E-state index contributed by atoms with van der Waals surface area (Å²) in [7, 11) is 0. The number of alkyl halides is 3. The molecule has 1 unspecified atom stereocenters. The maximum Gasteiger partial charge on any atom is 0.491 e. The Hall–Kier alpha value is -1.02. The number of rotatable bonds is 3. The van der Waals surface area contributed by atoms with Gasteiger partial charge in [-0.25, -0.2) is 4.79 Å². The largest absolute Gasteiger partial charge is 0.491 e. The Morgan fingerprint density at radius 3 is 2.38 bits per heavy atom. The summed E-state index contributed by atoms with van der Waals surface area (Å²) in [5.41, 5.74) is 6.21. The molecule has 0 bridgehead atoms. The molecule has 0 spiro atoms. The highest BCUT2D eigenvalue weighted by atomic mass is 35.5. The average Bonchev–Trinajstić information content (AvgIpc) is 2.29. The van der Waals surface area contributed by atoms with Crippen LogP contribution in [0.25, 0.3) is 0 Å². The smallest absolute Gasteiger partial charge is 0.419 e. The summed E-state index contributed by atoms with van der Waals surface area (Å²) in [6.45, 7) is 1.24. The summed E-state index contributed by atoms with van der Waals surface area (Å²) >= 11 is 11.6. The number of halogens is 5. The van der Waals surface area contributed by atoms with Crippen LogP contribution in [-0.2, 0) is 4.79 Å². The Balaban J connectivity index is 2.33. The number of carbonyl (C=O) groups is 1. The van der Waals surface area contributed by atoms with Crippen molar-refractivity contribution in [3.63, 3.8) is 0 Å². The molecule has 116 valence electrons. The first kappa shape index (κ1) is 16.4. The van der Waals surface area contributed by atoms with E-state index in [9.17, 15) is 18.0 Å². The Bertz CT molecular complexity index is 562. The molecule has 1 aromatic carbocycles. The minimum atomic E-state index is -5.11. The summed E-state index contributed by atoms with van der Waals surface area (Å²) in [6.07, 6.45) is -5.11. The van der Waals surface area contributed by atoms with Gasteiger partial charge in [-0.2, -0.15) is 13.2 Å². The SMILES string of the molecule is NC(c1cc(Cl)c(Cl)cc1OC(=O)C(F)(F)F)C1CNC1. The molecule has 2 rings (SSSR count). The summed E-state index contributed by atoms with van der Waals surface area (Å²) in [5.74, 6) is -2.64. The molecular weight excluding hydrogens is 332 g/mol. The fraction of sp³-hybridized carbons (Fsp3) is 0.417. The molecule has 21 heavy (non-hydrogen) atoms. The third kappa shape index (κ3) is 3.60. The van der Waals surface area contributed by atoms with Crippen molar-refractivity contribution in [1.29, 1.82) is 0 Å². The van der Waals surface area contributed by atoms with E-state index in [4.69, 9.17) is 28.9 Å². The topological polar surface area (TPSA) is 64.3 Å². The van der Waals surface area contributed by atoms with Crippen LogP contribution in [0.2, 0.25) is 10.0 Å². The number of nitrogens with two attached hydrogens (primary N) is 1. The van der Waals surface area contributed by atoms with Crippen molar-refractivity contribution in [1.82, 2.24) is 5.32 Å². The third-order valence-electron chi connectivity index (χ3n) is 3.17. The van der Waals surface area contributed by atoms with Gasteiger partial charge in [0.2, 0.25) is 0 Å². The molecule has 1 aromatic rings. The molecule has 4 nitrogen and oxygen atoms in total. The molecule has 0 aromatic heterocycles. The molecule has 0 radical (unpaired) electrons. The predicted molar refractivity (Wildman–Crippen MR) is 71.4 cm³/mol. The average molecular weight is 343 g/mol. The molecule has 1 aliphatic rings. The van der Waals surface area contributed by atoms with Crippen LogP contribution in [0.5, 0.6) is 5.75 Å². The molecule has 3 N–H and O–H groups in total. The first-order valence-electron chi connectivity index (χ1n) is 5.94. The van der Waals surface area contributed by atoms with E-state index in [2.05, 4.69) is 10.1 Å². The van der Waals surface area contributed by atoms with Crippen LogP contribution in [-0.4, -0.2) is 25.2 Å². The molecule has 0 saturated carbocycles. The number of ether oxygens (including phenoxy) is 1. The van der Waals surface area contributed by atoms with Gasteiger partial charge in [-0.3, -0.25) is 0 Å². The van der Waals surface area contributed by atoms with Gasteiger partial charge >= 0.3 is 12.1 Å². The lowest BCUT2D eigenvalue weighted by atomic mass is 9.89. The van der Waals surface area contributed by atoms with Crippen LogP contribution in [0.1, 0.15) is 11.6 Å². The first-order chi connectivity index (χ1) is 9.70. The van der Waals surface area contributed by atoms with E-state index < -0.39 is 18.2 Å². The molecular formula is C12H11Cl2F3N2O2. The second-order valence-electron chi connectivity index (χ2n) is 4.64. The second-order valence-corrected chi connectivity index (χ2v) is 5.45. The molecule has 0 amide bonds. The normalized spacial score (nSPS) is 17.2. The van der Waals surface area contributed by atoms with E-state index in [1.165, 1.54) is 6.07 Å². The number of esters is 1. The van der Waals surface area contributed by atoms with Crippen molar-refractivity contribution in [2.24, 2.45) is 11.7 Å². The Labute approximate surface area is 128 Å². The lowest BCUT2D eigenvalue weighted by Gasteiger charge is -2.33. The summed E-state index contributed by atoms with van der Waals surface area (Å²) in [4.78, 5) is 11.0. The number of hydrogen-bond donors (Lipinski definition) is 2. The third-order valence-corrected chi connectivity index (χ3v) is 3.89. The van der Waals surface area contributed by atoms with Gasteiger partial charge in [0.25, 0.3) is 0 Å². The molecule has 9 heteroatoms. The van der Waals surface area contributed by atoms with E-state index in [0.717, 1.165) is 6.07 Å². The zero-order valence-electron chi connectivity index (χ0n) is 10.5.